The van der Waals surface area contributed by atoms with Crippen LogP contribution in [0.15, 0.2) is 103 Å². The molecule has 1 N–H and O–H groups in total. The first-order chi connectivity index (χ1) is 20.6. The van der Waals surface area contributed by atoms with E-state index in [1.165, 1.54) is 11.6 Å². The van der Waals surface area contributed by atoms with Gasteiger partial charge in [-0.1, -0.05) is 110 Å². The van der Waals surface area contributed by atoms with E-state index in [4.69, 9.17) is 16.3 Å². The molecule has 0 atom stereocenters. The number of ether oxygens (including phenoxy) is 1. The van der Waals surface area contributed by atoms with Crippen LogP contribution in [0.25, 0.3) is 0 Å². The molecule has 0 spiro atoms. The zero-order chi connectivity index (χ0) is 30.9. The number of alkyl halides is 3. The third-order valence-corrected chi connectivity index (χ3v) is 8.20. The Kier molecular flexibility index (Phi) is 13.2. The zero-order valence-corrected chi connectivity index (χ0v) is 27.0. The van der Waals surface area contributed by atoms with Gasteiger partial charge in [0.25, 0.3) is 0 Å². The van der Waals surface area contributed by atoms with E-state index in [1.807, 2.05) is 48.5 Å². The van der Waals surface area contributed by atoms with Gasteiger partial charge in [0.15, 0.2) is 0 Å². The highest BCUT2D eigenvalue weighted by molar-refractivity contribution is 6.32. The van der Waals surface area contributed by atoms with Gasteiger partial charge in [0.1, 0.15) is 5.75 Å². The molecule has 236 valence electrons. The van der Waals surface area contributed by atoms with Crippen molar-refractivity contribution in [3.8, 4) is 5.75 Å². The van der Waals surface area contributed by atoms with Gasteiger partial charge in [0.05, 0.1) is 22.7 Å². The van der Waals surface area contributed by atoms with E-state index in [-0.39, 0.29) is 24.0 Å². The summed E-state index contributed by atoms with van der Waals surface area (Å²) in [6.07, 6.45) is -2.97. The van der Waals surface area contributed by atoms with E-state index in [9.17, 15) is 13.2 Å². The number of hydrogen-bond acceptors (Lipinski definition) is 3. The number of nitrogens with one attached hydrogen (secondary N) is 1. The van der Waals surface area contributed by atoms with E-state index in [2.05, 4.69) is 67.4 Å². The second-order valence-electron chi connectivity index (χ2n) is 11.2. The highest BCUT2D eigenvalue weighted by Crippen LogP contribution is 2.40. The summed E-state index contributed by atoms with van der Waals surface area (Å²) >= 11 is 6.41. The number of nitrogens with zero attached hydrogens (tertiary/aromatic N) is 1. The predicted octanol–water partition coefficient (Wildman–Crippen LogP) is 9.56. The first kappa shape index (κ1) is 35.4. The Hall–Kier alpha value is -3.03. The second kappa shape index (κ2) is 16.3. The lowest BCUT2D eigenvalue weighted by atomic mass is 9.82. The van der Waals surface area contributed by atoms with E-state index < -0.39 is 17.3 Å². The third kappa shape index (κ3) is 9.24. The van der Waals surface area contributed by atoms with Crippen LogP contribution in [-0.2, 0) is 24.7 Å². The lowest BCUT2D eigenvalue weighted by Crippen LogP contribution is -2.45. The van der Waals surface area contributed by atoms with Crippen molar-refractivity contribution < 1.29 is 17.9 Å². The summed E-state index contributed by atoms with van der Waals surface area (Å²) < 4.78 is 47.4. The van der Waals surface area contributed by atoms with E-state index in [1.54, 1.807) is 6.07 Å². The van der Waals surface area contributed by atoms with Gasteiger partial charge in [0.2, 0.25) is 0 Å². The Balaban J connectivity index is 0.00000529. The first-order valence-corrected chi connectivity index (χ1v) is 15.1. The molecule has 4 aromatic carbocycles. The molecule has 0 aliphatic heterocycles. The summed E-state index contributed by atoms with van der Waals surface area (Å²) in [5, 5.41) is 3.18. The standard InChI is InChI=1S/C36H40ClF3N2O.ClH/c1-27(2)41-22-21-28-13-10-19-32(25-28)43-24-12-23-42(26-29-14-11-20-33(34(29)37)36(38,39)40)35(3,30-15-6-4-7-16-30)31-17-8-5-9-18-31;/h4-11,13-20,25,27,41H,12,21-24,26H2,1-3H3;1H. The van der Waals surface area contributed by atoms with Crippen LogP contribution in [0, 0.1) is 0 Å². The molecule has 0 radical (unpaired) electrons. The molecule has 0 aliphatic carbocycles. The molecule has 4 aromatic rings. The van der Waals surface area contributed by atoms with Gasteiger partial charge in [-0.15, -0.1) is 12.4 Å². The quantitative estimate of drug-likeness (QED) is 0.138. The summed E-state index contributed by atoms with van der Waals surface area (Å²) in [6.45, 7) is 8.52. The second-order valence-corrected chi connectivity index (χ2v) is 11.6. The van der Waals surface area contributed by atoms with Gasteiger partial charge < -0.3 is 10.1 Å². The maximum Gasteiger partial charge on any atom is 0.417 e. The van der Waals surface area contributed by atoms with Gasteiger partial charge in [-0.05, 0) is 66.8 Å². The minimum absolute atomic E-state index is 0. The van der Waals surface area contributed by atoms with Crippen LogP contribution in [0.1, 0.15) is 55.0 Å². The van der Waals surface area contributed by atoms with Crippen molar-refractivity contribution in [3.63, 3.8) is 0 Å². The smallest absolute Gasteiger partial charge is 0.417 e. The number of halogens is 5. The molecule has 3 nitrogen and oxygen atoms in total. The number of benzene rings is 4. The highest BCUT2D eigenvalue weighted by atomic mass is 35.5. The van der Waals surface area contributed by atoms with Gasteiger partial charge in [0, 0.05) is 19.1 Å². The molecule has 44 heavy (non-hydrogen) atoms. The maximum atomic E-state index is 13.8. The van der Waals surface area contributed by atoms with Gasteiger partial charge in [-0.25, -0.2) is 0 Å². The monoisotopic (exact) mass is 644 g/mol. The fraction of sp³-hybridized carbons (Fsp3) is 0.333. The fourth-order valence-corrected chi connectivity index (χ4v) is 5.68. The summed E-state index contributed by atoms with van der Waals surface area (Å²) in [5.74, 6) is 0.809. The molecule has 0 unspecified atom stereocenters. The number of rotatable bonds is 14. The maximum absolute atomic E-state index is 13.8. The molecular formula is C36H41Cl2F3N2O. The molecule has 4 rings (SSSR count). The normalized spacial score (nSPS) is 11.9. The first-order valence-electron chi connectivity index (χ1n) is 14.7. The molecular weight excluding hydrogens is 604 g/mol. The van der Waals surface area contributed by atoms with E-state index in [0.717, 1.165) is 35.9 Å². The predicted molar refractivity (Wildman–Crippen MR) is 177 cm³/mol. The Labute approximate surface area is 270 Å². The topological polar surface area (TPSA) is 24.5 Å². The van der Waals surface area contributed by atoms with Crippen LogP contribution in [0.4, 0.5) is 13.2 Å². The van der Waals surface area contributed by atoms with Crippen LogP contribution in [0.3, 0.4) is 0 Å². The van der Waals surface area contributed by atoms with E-state index >= 15 is 0 Å². The third-order valence-electron chi connectivity index (χ3n) is 7.76. The van der Waals surface area contributed by atoms with Gasteiger partial charge >= 0.3 is 6.18 Å². The lowest BCUT2D eigenvalue weighted by Gasteiger charge is -2.43. The molecule has 0 bridgehead atoms. The van der Waals surface area contributed by atoms with Crippen LogP contribution in [0.5, 0.6) is 5.75 Å². The zero-order valence-electron chi connectivity index (χ0n) is 25.4. The number of hydrogen-bond donors (Lipinski definition) is 1. The van der Waals surface area contributed by atoms with Crippen molar-refractivity contribution in [2.45, 2.75) is 57.9 Å². The average molecular weight is 646 g/mol. The van der Waals surface area contributed by atoms with Crippen LogP contribution in [-0.4, -0.2) is 30.6 Å². The van der Waals surface area contributed by atoms with Gasteiger partial charge in [-0.2, -0.15) is 13.2 Å². The Morgan fingerprint density at radius 3 is 2.05 bits per heavy atom. The van der Waals surface area contributed by atoms with Crippen LogP contribution < -0.4 is 10.1 Å². The highest BCUT2D eigenvalue weighted by Gasteiger charge is 2.37. The van der Waals surface area contributed by atoms with Crippen molar-refractivity contribution in [1.82, 2.24) is 10.2 Å². The van der Waals surface area contributed by atoms with E-state index in [0.29, 0.717) is 31.2 Å². The van der Waals surface area contributed by atoms with Crippen molar-refractivity contribution in [3.05, 3.63) is 136 Å². The molecule has 0 aliphatic rings. The van der Waals surface area contributed by atoms with Crippen LogP contribution in [0.2, 0.25) is 5.02 Å². The molecule has 0 aromatic heterocycles. The minimum Gasteiger partial charge on any atom is -0.494 e. The molecule has 0 saturated carbocycles. The minimum atomic E-state index is -4.53. The summed E-state index contributed by atoms with van der Waals surface area (Å²) in [4.78, 5) is 2.20. The Bertz CT molecular complexity index is 1390. The SMILES string of the molecule is CC(C)NCCc1cccc(OCCCN(Cc2cccc(C(F)(F)F)c2Cl)C(C)(c2ccccc2)c2ccccc2)c1.Cl. The molecule has 0 heterocycles. The summed E-state index contributed by atoms with van der Waals surface area (Å²) in [7, 11) is 0. The Morgan fingerprint density at radius 2 is 1.45 bits per heavy atom. The average Bonchev–Trinajstić information content (AvgIpc) is 2.99. The Morgan fingerprint density at radius 1 is 0.841 bits per heavy atom. The van der Waals surface area contributed by atoms with Crippen molar-refractivity contribution in [2.24, 2.45) is 0 Å². The van der Waals surface area contributed by atoms with Crippen molar-refractivity contribution >= 4 is 24.0 Å². The van der Waals surface area contributed by atoms with Crippen molar-refractivity contribution in [2.75, 3.05) is 19.7 Å². The largest absolute Gasteiger partial charge is 0.494 e. The molecule has 8 heteroatoms. The summed E-state index contributed by atoms with van der Waals surface area (Å²) in [6, 6.07) is 32.8. The van der Waals surface area contributed by atoms with Crippen molar-refractivity contribution in [1.29, 1.82) is 0 Å². The summed E-state index contributed by atoms with van der Waals surface area (Å²) in [5.41, 5.74) is 2.23. The van der Waals surface area contributed by atoms with Gasteiger partial charge in [-0.3, -0.25) is 4.90 Å². The molecule has 0 fully saturated rings. The fourth-order valence-electron chi connectivity index (χ4n) is 5.39. The molecule has 0 amide bonds. The lowest BCUT2D eigenvalue weighted by molar-refractivity contribution is -0.137. The molecule has 0 saturated heterocycles. The van der Waals surface area contributed by atoms with Crippen LogP contribution >= 0.6 is 24.0 Å².